The molecule has 0 aromatic heterocycles. The van der Waals surface area contributed by atoms with Gasteiger partial charge >= 0.3 is 0 Å². The van der Waals surface area contributed by atoms with Gasteiger partial charge in [0.05, 0.1) is 0 Å². The van der Waals surface area contributed by atoms with Gasteiger partial charge in [0.15, 0.2) is 0 Å². The van der Waals surface area contributed by atoms with Crippen LogP contribution in [-0.2, 0) is 0 Å². The van der Waals surface area contributed by atoms with Gasteiger partial charge in [-0.15, -0.1) is 0 Å². The molecular weight excluding hydrogens is 194 g/mol. The summed E-state index contributed by atoms with van der Waals surface area (Å²) in [6, 6.07) is 0.874. The summed E-state index contributed by atoms with van der Waals surface area (Å²) in [6.07, 6.45) is 11.9. The van der Waals surface area contributed by atoms with Gasteiger partial charge < -0.3 is 4.90 Å². The summed E-state index contributed by atoms with van der Waals surface area (Å²) < 4.78 is 0. The van der Waals surface area contributed by atoms with Crippen molar-refractivity contribution in [1.82, 2.24) is 4.90 Å². The Bertz CT molecular complexity index is 205. The van der Waals surface area contributed by atoms with Gasteiger partial charge in [-0.3, -0.25) is 0 Å². The second-order valence-corrected chi connectivity index (χ2v) is 6.51. The first-order chi connectivity index (χ1) is 7.68. The van der Waals surface area contributed by atoms with Crippen LogP contribution in [-0.4, -0.2) is 25.0 Å². The predicted octanol–water partition coefficient (Wildman–Crippen LogP) is 3.93. The molecule has 0 aromatic carbocycles. The van der Waals surface area contributed by atoms with Crippen molar-refractivity contribution < 1.29 is 0 Å². The molecule has 0 aromatic rings. The molecule has 1 nitrogen and oxygen atoms in total. The Balaban J connectivity index is 2.00. The molecular formula is C15H29N. The summed E-state index contributed by atoms with van der Waals surface area (Å²) in [6.45, 7) is 2.46. The Morgan fingerprint density at radius 3 is 2.19 bits per heavy atom. The summed E-state index contributed by atoms with van der Waals surface area (Å²) in [4.78, 5) is 2.51. The molecule has 2 fully saturated rings. The molecule has 0 heterocycles. The monoisotopic (exact) mass is 223 g/mol. The summed E-state index contributed by atoms with van der Waals surface area (Å²) in [5.74, 6) is 3.02. The van der Waals surface area contributed by atoms with Crippen molar-refractivity contribution in [3.63, 3.8) is 0 Å². The first-order valence-corrected chi connectivity index (χ1v) is 7.35. The van der Waals surface area contributed by atoms with Crippen molar-refractivity contribution >= 4 is 0 Å². The number of hydrogen-bond acceptors (Lipinski definition) is 1. The lowest BCUT2D eigenvalue weighted by Crippen LogP contribution is -2.43. The van der Waals surface area contributed by atoms with E-state index in [1.165, 1.54) is 51.4 Å². The van der Waals surface area contributed by atoms with Crippen molar-refractivity contribution in [3.05, 3.63) is 0 Å². The van der Waals surface area contributed by atoms with Crippen LogP contribution in [0.3, 0.4) is 0 Å². The SMILES string of the molecule is CC1CCC(N(C)C)C(C2CCCCC2)C1. The maximum atomic E-state index is 2.51. The molecule has 0 saturated heterocycles. The fourth-order valence-electron chi connectivity index (χ4n) is 4.12. The van der Waals surface area contributed by atoms with E-state index in [0.29, 0.717) is 0 Å². The second kappa shape index (κ2) is 5.53. The quantitative estimate of drug-likeness (QED) is 0.685. The zero-order valence-corrected chi connectivity index (χ0v) is 11.4. The van der Waals surface area contributed by atoms with Crippen LogP contribution < -0.4 is 0 Å². The number of hydrogen-bond donors (Lipinski definition) is 0. The number of rotatable bonds is 2. The minimum absolute atomic E-state index is 0.874. The van der Waals surface area contributed by atoms with Crippen molar-refractivity contribution in [3.8, 4) is 0 Å². The number of nitrogens with zero attached hydrogens (tertiary/aromatic N) is 1. The Morgan fingerprint density at radius 2 is 1.56 bits per heavy atom. The third-order valence-corrected chi connectivity index (χ3v) is 5.04. The highest BCUT2D eigenvalue weighted by molar-refractivity contribution is 4.88. The van der Waals surface area contributed by atoms with Crippen LogP contribution in [0.4, 0.5) is 0 Å². The smallest absolute Gasteiger partial charge is 0.0120 e. The molecule has 2 saturated carbocycles. The van der Waals surface area contributed by atoms with Crippen LogP contribution in [0.15, 0.2) is 0 Å². The minimum atomic E-state index is 0.874. The zero-order chi connectivity index (χ0) is 11.5. The molecule has 2 aliphatic carbocycles. The van der Waals surface area contributed by atoms with E-state index >= 15 is 0 Å². The average molecular weight is 223 g/mol. The average Bonchev–Trinajstić information content (AvgIpc) is 2.29. The molecule has 0 bridgehead atoms. The standard InChI is InChI=1S/C15H29N/c1-12-9-10-15(16(2)3)14(11-12)13-7-5-4-6-8-13/h12-15H,4-11H2,1-3H3. The molecule has 94 valence electrons. The van der Waals surface area contributed by atoms with E-state index in [9.17, 15) is 0 Å². The van der Waals surface area contributed by atoms with Gasteiger partial charge in [-0.1, -0.05) is 39.0 Å². The Labute approximate surface area is 102 Å². The van der Waals surface area contributed by atoms with Crippen LogP contribution in [0.2, 0.25) is 0 Å². The van der Waals surface area contributed by atoms with Gasteiger partial charge in [0.2, 0.25) is 0 Å². The topological polar surface area (TPSA) is 3.24 Å². The molecule has 3 unspecified atom stereocenters. The van der Waals surface area contributed by atoms with E-state index < -0.39 is 0 Å². The first-order valence-electron chi connectivity index (χ1n) is 7.35. The van der Waals surface area contributed by atoms with Crippen LogP contribution in [0, 0.1) is 17.8 Å². The molecule has 3 atom stereocenters. The predicted molar refractivity (Wildman–Crippen MR) is 70.6 cm³/mol. The Morgan fingerprint density at radius 1 is 0.875 bits per heavy atom. The van der Waals surface area contributed by atoms with Gasteiger partial charge in [0.1, 0.15) is 0 Å². The Kier molecular flexibility index (Phi) is 4.29. The van der Waals surface area contributed by atoms with Gasteiger partial charge in [-0.05, 0) is 51.1 Å². The summed E-state index contributed by atoms with van der Waals surface area (Å²) in [7, 11) is 4.58. The molecule has 16 heavy (non-hydrogen) atoms. The second-order valence-electron chi connectivity index (χ2n) is 6.51. The fraction of sp³-hybridized carbons (Fsp3) is 1.00. The first kappa shape index (κ1) is 12.4. The fourth-order valence-corrected chi connectivity index (χ4v) is 4.12. The lowest BCUT2D eigenvalue weighted by Gasteiger charge is -2.44. The maximum absolute atomic E-state index is 2.51. The van der Waals surface area contributed by atoms with E-state index in [2.05, 4.69) is 25.9 Å². The van der Waals surface area contributed by atoms with E-state index in [1.54, 1.807) is 0 Å². The van der Waals surface area contributed by atoms with Gasteiger partial charge in [0.25, 0.3) is 0 Å². The molecule has 0 aliphatic heterocycles. The van der Waals surface area contributed by atoms with Crippen molar-refractivity contribution in [2.24, 2.45) is 17.8 Å². The largest absolute Gasteiger partial charge is 0.306 e. The van der Waals surface area contributed by atoms with E-state index in [-0.39, 0.29) is 0 Å². The van der Waals surface area contributed by atoms with Gasteiger partial charge in [-0.25, -0.2) is 0 Å². The van der Waals surface area contributed by atoms with Crippen molar-refractivity contribution in [2.45, 2.75) is 64.3 Å². The molecule has 1 heteroatoms. The molecule has 0 radical (unpaired) electrons. The molecule has 2 aliphatic rings. The lowest BCUT2D eigenvalue weighted by molar-refractivity contribution is 0.0682. The summed E-state index contributed by atoms with van der Waals surface area (Å²) >= 11 is 0. The molecule has 0 amide bonds. The van der Waals surface area contributed by atoms with Crippen LogP contribution in [0.25, 0.3) is 0 Å². The highest BCUT2D eigenvalue weighted by Crippen LogP contribution is 2.41. The van der Waals surface area contributed by atoms with Crippen LogP contribution in [0.1, 0.15) is 58.3 Å². The van der Waals surface area contributed by atoms with Crippen molar-refractivity contribution in [1.29, 1.82) is 0 Å². The normalized spacial score (nSPS) is 37.9. The maximum Gasteiger partial charge on any atom is 0.0120 e. The Hall–Kier alpha value is -0.0400. The highest BCUT2D eigenvalue weighted by atomic mass is 15.1. The van der Waals surface area contributed by atoms with Crippen LogP contribution >= 0.6 is 0 Å². The zero-order valence-electron chi connectivity index (χ0n) is 11.4. The molecule has 0 N–H and O–H groups in total. The van der Waals surface area contributed by atoms with Crippen LogP contribution in [0.5, 0.6) is 0 Å². The summed E-state index contributed by atoms with van der Waals surface area (Å²) in [5.41, 5.74) is 0. The lowest BCUT2D eigenvalue weighted by atomic mass is 9.68. The van der Waals surface area contributed by atoms with Gasteiger partial charge in [-0.2, -0.15) is 0 Å². The third-order valence-electron chi connectivity index (χ3n) is 5.04. The summed E-state index contributed by atoms with van der Waals surface area (Å²) in [5, 5.41) is 0. The molecule has 2 rings (SSSR count). The van der Waals surface area contributed by atoms with E-state index in [1.807, 2.05) is 0 Å². The van der Waals surface area contributed by atoms with E-state index in [0.717, 1.165) is 23.8 Å². The molecule has 0 spiro atoms. The van der Waals surface area contributed by atoms with Crippen molar-refractivity contribution in [2.75, 3.05) is 14.1 Å². The highest BCUT2D eigenvalue weighted by Gasteiger charge is 2.35. The van der Waals surface area contributed by atoms with Gasteiger partial charge in [0, 0.05) is 6.04 Å². The van der Waals surface area contributed by atoms with E-state index in [4.69, 9.17) is 0 Å². The third kappa shape index (κ3) is 2.80. The minimum Gasteiger partial charge on any atom is -0.306 e.